The van der Waals surface area contributed by atoms with E-state index in [1.54, 1.807) is 25.1 Å². The van der Waals surface area contributed by atoms with Gasteiger partial charge in [-0.25, -0.2) is 17.8 Å². The summed E-state index contributed by atoms with van der Waals surface area (Å²) in [4.78, 5) is 23.1. The fraction of sp³-hybridized carbons (Fsp3) is 0.469. The number of ether oxygens (including phenoxy) is 1. The Morgan fingerprint density at radius 3 is 2.44 bits per heavy atom. The topological polar surface area (TPSA) is 129 Å². The van der Waals surface area contributed by atoms with E-state index in [9.17, 15) is 26.4 Å². The lowest BCUT2D eigenvalue weighted by Crippen LogP contribution is -2.47. The molecule has 1 saturated heterocycles. The summed E-state index contributed by atoms with van der Waals surface area (Å²) < 4.78 is 87.6. The van der Waals surface area contributed by atoms with E-state index in [2.05, 4.69) is 30.8 Å². The van der Waals surface area contributed by atoms with Gasteiger partial charge in [-0.15, -0.1) is 0 Å². The quantitative estimate of drug-likeness (QED) is 0.250. The van der Waals surface area contributed by atoms with Gasteiger partial charge in [-0.05, 0) is 68.0 Å². The van der Waals surface area contributed by atoms with Gasteiger partial charge in [0.15, 0.2) is 0 Å². The Morgan fingerprint density at radius 1 is 1.08 bits per heavy atom. The number of hydrogen-bond donors (Lipinski definition) is 3. The predicted octanol–water partition coefficient (Wildman–Crippen LogP) is 5.07. The van der Waals surface area contributed by atoms with Crippen LogP contribution in [0.5, 0.6) is 0 Å². The molecule has 260 valence electrons. The molecule has 2 heterocycles. The van der Waals surface area contributed by atoms with Gasteiger partial charge in [0.1, 0.15) is 17.2 Å². The number of hydrogen-bond acceptors (Lipinski definition) is 9. The first-order valence-electron chi connectivity index (χ1n) is 15.6. The molecule has 0 radical (unpaired) electrons. The van der Waals surface area contributed by atoms with Gasteiger partial charge in [0.2, 0.25) is 16.0 Å². The van der Waals surface area contributed by atoms with Crippen LogP contribution < -0.4 is 20.3 Å². The van der Waals surface area contributed by atoms with Crippen molar-refractivity contribution in [3.8, 4) is 0 Å². The fourth-order valence-corrected chi connectivity index (χ4v) is 6.46. The minimum absolute atomic E-state index is 0.0233. The molecule has 1 aliphatic heterocycles. The summed E-state index contributed by atoms with van der Waals surface area (Å²) in [5.74, 6) is -2.14. The average Bonchev–Trinajstić information content (AvgIpc) is 3.04. The number of amides is 1. The molecule has 3 aromatic rings. The Hall–Kier alpha value is -4.02. The van der Waals surface area contributed by atoms with E-state index in [1.807, 2.05) is 0 Å². The van der Waals surface area contributed by atoms with E-state index in [4.69, 9.17) is 4.74 Å². The summed E-state index contributed by atoms with van der Waals surface area (Å²) in [6.45, 7) is 4.85. The van der Waals surface area contributed by atoms with E-state index >= 15 is 4.39 Å². The van der Waals surface area contributed by atoms with E-state index in [1.165, 1.54) is 19.2 Å². The summed E-state index contributed by atoms with van der Waals surface area (Å²) in [7, 11) is -2.30. The highest BCUT2D eigenvalue weighted by atomic mass is 32.2. The van der Waals surface area contributed by atoms with E-state index < -0.39 is 39.3 Å². The van der Waals surface area contributed by atoms with Gasteiger partial charge in [-0.1, -0.05) is 12.1 Å². The monoisotopic (exact) mass is 693 g/mol. The van der Waals surface area contributed by atoms with Crippen LogP contribution in [0.25, 0.3) is 0 Å². The van der Waals surface area contributed by atoms with E-state index in [-0.39, 0.29) is 35.5 Å². The van der Waals surface area contributed by atoms with Crippen LogP contribution in [-0.2, 0) is 27.5 Å². The number of carbonyl (C=O) groups excluding carboxylic acids is 1. The number of alkyl halides is 3. The molecular formula is C32H39F4N7O4S. The van der Waals surface area contributed by atoms with Crippen molar-refractivity contribution in [2.45, 2.75) is 57.4 Å². The second-order valence-electron chi connectivity index (χ2n) is 12.1. The van der Waals surface area contributed by atoms with Crippen LogP contribution in [0.4, 0.5) is 40.7 Å². The predicted molar refractivity (Wildman–Crippen MR) is 174 cm³/mol. The molecule has 16 heteroatoms. The molecule has 2 aromatic carbocycles. The lowest BCUT2D eigenvalue weighted by Gasteiger charge is -2.38. The molecule has 2 fully saturated rings. The minimum Gasteiger partial charge on any atom is -0.379 e. The molecule has 1 aromatic heterocycles. The van der Waals surface area contributed by atoms with Crippen LogP contribution >= 0.6 is 0 Å². The van der Waals surface area contributed by atoms with Crippen LogP contribution in [0.2, 0.25) is 0 Å². The third-order valence-electron chi connectivity index (χ3n) is 8.69. The summed E-state index contributed by atoms with van der Waals surface area (Å²) in [6, 6.07) is 9.14. The van der Waals surface area contributed by atoms with Gasteiger partial charge in [0.25, 0.3) is 5.91 Å². The summed E-state index contributed by atoms with van der Waals surface area (Å²) in [5.41, 5.74) is 0.254. The van der Waals surface area contributed by atoms with Gasteiger partial charge >= 0.3 is 6.18 Å². The Bertz CT molecular complexity index is 1730. The molecule has 0 spiro atoms. The molecule has 0 atom stereocenters. The van der Waals surface area contributed by atoms with Gasteiger partial charge < -0.3 is 20.7 Å². The second kappa shape index (κ2) is 14.6. The van der Waals surface area contributed by atoms with Crippen LogP contribution in [0.15, 0.2) is 42.6 Å². The normalized spacial score (nSPS) is 19.1. The van der Waals surface area contributed by atoms with Gasteiger partial charge in [-0.3, -0.25) is 14.0 Å². The zero-order valence-electron chi connectivity index (χ0n) is 26.9. The molecule has 0 bridgehead atoms. The highest BCUT2D eigenvalue weighted by Gasteiger charge is 2.35. The maximum Gasteiger partial charge on any atom is 0.421 e. The van der Waals surface area contributed by atoms with Crippen molar-refractivity contribution in [3.63, 3.8) is 0 Å². The number of benzene rings is 2. The number of rotatable bonds is 10. The number of aromatic nitrogens is 2. The number of nitrogens with one attached hydrogen (secondary N) is 3. The number of aryl methyl sites for hydroxylation is 1. The first-order valence-corrected chi connectivity index (χ1v) is 17.4. The van der Waals surface area contributed by atoms with Crippen LogP contribution in [0.1, 0.15) is 52.7 Å². The molecule has 2 aliphatic rings. The molecule has 3 N–H and O–H groups in total. The third-order valence-corrected chi connectivity index (χ3v) is 9.88. The Balaban J connectivity index is 1.26. The SMILES string of the molecule is Cc1ccc(CNc2nc(Nc3ccc(C(=O)N[C@H]4CC[C@H](N5CCOCC5)CC4)cc3F)ncc2C(F)(F)F)c(N(C)S(C)(=O)=O)c1. The van der Waals surface area contributed by atoms with Crippen LogP contribution in [0.3, 0.4) is 0 Å². The van der Waals surface area contributed by atoms with Crippen molar-refractivity contribution in [1.29, 1.82) is 0 Å². The number of morpholine rings is 1. The zero-order valence-corrected chi connectivity index (χ0v) is 27.7. The van der Waals surface area contributed by atoms with Crippen molar-refractivity contribution in [1.82, 2.24) is 20.2 Å². The average molecular weight is 694 g/mol. The maximum atomic E-state index is 15.2. The van der Waals surface area contributed by atoms with Gasteiger partial charge in [0.05, 0.1) is 30.8 Å². The van der Waals surface area contributed by atoms with Gasteiger partial charge in [0, 0.05) is 50.5 Å². The third kappa shape index (κ3) is 8.71. The number of halogens is 4. The van der Waals surface area contributed by atoms with Crippen LogP contribution in [0, 0.1) is 12.7 Å². The lowest BCUT2D eigenvalue weighted by atomic mass is 9.89. The standard InChI is InChI=1S/C32H39F4N7O4S/c1-20-4-5-22(28(16-20)42(2)48(3,45)46)18-37-29-25(32(34,35)36)19-38-31(41-29)40-27-11-6-21(17-26(27)33)30(44)39-23-7-9-24(10-8-23)43-12-14-47-15-13-43/h4-6,11,16-17,19,23-24H,7-10,12-15,18H2,1-3H3,(H,39,44)(H2,37,38,40,41)/t23-,24-. The molecule has 1 saturated carbocycles. The molecule has 5 rings (SSSR count). The van der Waals surface area contributed by atoms with Gasteiger partial charge in [-0.2, -0.15) is 18.2 Å². The van der Waals surface area contributed by atoms with Crippen molar-refractivity contribution < 1.29 is 35.5 Å². The van der Waals surface area contributed by atoms with Crippen LogP contribution in [-0.4, -0.2) is 80.9 Å². The van der Waals surface area contributed by atoms with E-state index in [0.29, 0.717) is 17.8 Å². The highest BCUT2D eigenvalue weighted by Crippen LogP contribution is 2.35. The molecule has 0 unspecified atom stereocenters. The smallest absolute Gasteiger partial charge is 0.379 e. The first kappa shape index (κ1) is 35.3. The largest absolute Gasteiger partial charge is 0.421 e. The van der Waals surface area contributed by atoms with Crippen molar-refractivity contribution >= 4 is 39.1 Å². The number of sulfonamides is 1. The summed E-state index contributed by atoms with van der Waals surface area (Å²) >= 11 is 0. The molecular weight excluding hydrogens is 654 g/mol. The fourth-order valence-electron chi connectivity index (χ4n) is 5.93. The number of carbonyl (C=O) groups is 1. The van der Waals surface area contributed by atoms with Crippen molar-refractivity contribution in [2.24, 2.45) is 0 Å². The maximum absolute atomic E-state index is 15.2. The summed E-state index contributed by atoms with van der Waals surface area (Å²) in [5, 5.41) is 8.22. The number of nitrogens with zero attached hydrogens (tertiary/aromatic N) is 4. The minimum atomic E-state index is -4.82. The highest BCUT2D eigenvalue weighted by molar-refractivity contribution is 7.92. The lowest BCUT2D eigenvalue weighted by molar-refractivity contribution is -0.137. The van der Waals surface area contributed by atoms with Crippen molar-refractivity contribution in [2.75, 3.05) is 54.5 Å². The second-order valence-corrected chi connectivity index (χ2v) is 14.1. The van der Waals surface area contributed by atoms with E-state index in [0.717, 1.165) is 74.2 Å². The Labute approximate surface area is 277 Å². The summed E-state index contributed by atoms with van der Waals surface area (Å²) in [6.07, 6.45) is 0.319. The molecule has 48 heavy (non-hydrogen) atoms. The molecule has 1 amide bonds. The molecule has 11 nitrogen and oxygen atoms in total. The zero-order chi connectivity index (χ0) is 34.6. The molecule has 1 aliphatic carbocycles. The Kier molecular flexibility index (Phi) is 10.7. The Morgan fingerprint density at radius 2 is 1.79 bits per heavy atom. The first-order chi connectivity index (χ1) is 22.7. The number of anilines is 4. The van der Waals surface area contributed by atoms with Crippen molar-refractivity contribution in [3.05, 3.63) is 70.7 Å².